The van der Waals surface area contributed by atoms with E-state index in [-0.39, 0.29) is 18.1 Å². The summed E-state index contributed by atoms with van der Waals surface area (Å²) in [4.78, 5) is 28.9. The highest BCUT2D eigenvalue weighted by atomic mass is 35.5. The van der Waals surface area contributed by atoms with E-state index in [2.05, 4.69) is 10.3 Å². The number of anilines is 1. The van der Waals surface area contributed by atoms with Crippen LogP contribution in [0.25, 0.3) is 5.69 Å². The molecule has 26 heavy (non-hydrogen) atoms. The monoisotopic (exact) mass is 375 g/mol. The third kappa shape index (κ3) is 2.87. The average molecular weight is 376 g/mol. The van der Waals surface area contributed by atoms with Crippen molar-refractivity contribution in [2.24, 2.45) is 11.8 Å². The van der Waals surface area contributed by atoms with Gasteiger partial charge >= 0.3 is 5.97 Å². The lowest BCUT2D eigenvalue weighted by Gasteiger charge is -2.25. The first-order valence-electron chi connectivity index (χ1n) is 8.40. The number of hydrogen-bond donors (Lipinski definition) is 1. The summed E-state index contributed by atoms with van der Waals surface area (Å²) in [5, 5.41) is 3.34. The van der Waals surface area contributed by atoms with E-state index in [9.17, 15) is 9.59 Å². The molecule has 0 spiro atoms. The van der Waals surface area contributed by atoms with Gasteiger partial charge in [-0.05, 0) is 31.0 Å². The highest BCUT2D eigenvalue weighted by molar-refractivity contribution is 6.32. The Kier molecular flexibility index (Phi) is 4.42. The quantitative estimate of drug-likeness (QED) is 0.830. The molecule has 1 aromatic carbocycles. The van der Waals surface area contributed by atoms with Crippen LogP contribution < -0.4 is 5.32 Å². The SMILES string of the molecule is COC(=O)[C@@H]1[C@H](C(=O)Nc2ccc(-n3ccnc3)c(Cl)c2)[C@H]2CC[C@@H]1O2. The van der Waals surface area contributed by atoms with Gasteiger partial charge < -0.3 is 19.4 Å². The van der Waals surface area contributed by atoms with E-state index in [0.29, 0.717) is 10.7 Å². The third-order valence-corrected chi connectivity index (χ3v) is 5.35. The van der Waals surface area contributed by atoms with Crippen LogP contribution in [0.5, 0.6) is 0 Å². The number of nitrogens with one attached hydrogen (secondary N) is 1. The smallest absolute Gasteiger partial charge is 0.312 e. The maximum Gasteiger partial charge on any atom is 0.312 e. The minimum absolute atomic E-state index is 0.240. The fourth-order valence-electron chi connectivity index (χ4n) is 3.87. The first-order valence-corrected chi connectivity index (χ1v) is 8.78. The number of rotatable bonds is 4. The molecule has 4 atom stereocenters. The molecule has 2 saturated heterocycles. The van der Waals surface area contributed by atoms with E-state index < -0.39 is 17.8 Å². The largest absolute Gasteiger partial charge is 0.469 e. The molecule has 0 aliphatic carbocycles. The minimum atomic E-state index is -0.556. The predicted octanol–water partition coefficient (Wildman–Crippen LogP) is 2.43. The predicted molar refractivity (Wildman–Crippen MR) is 94.1 cm³/mol. The van der Waals surface area contributed by atoms with Crippen molar-refractivity contribution in [3.8, 4) is 5.69 Å². The summed E-state index contributed by atoms with van der Waals surface area (Å²) in [7, 11) is 1.33. The van der Waals surface area contributed by atoms with Crippen LogP contribution in [0, 0.1) is 11.8 Å². The van der Waals surface area contributed by atoms with E-state index in [0.717, 1.165) is 18.5 Å². The second kappa shape index (κ2) is 6.74. The molecule has 2 aliphatic heterocycles. The molecule has 0 saturated carbocycles. The number of nitrogens with zero attached hydrogens (tertiary/aromatic N) is 2. The van der Waals surface area contributed by atoms with Crippen LogP contribution in [0.3, 0.4) is 0 Å². The summed E-state index contributed by atoms with van der Waals surface area (Å²) in [6, 6.07) is 5.24. The molecule has 0 unspecified atom stereocenters. The fourth-order valence-corrected chi connectivity index (χ4v) is 4.15. The number of ether oxygens (including phenoxy) is 2. The number of methoxy groups -OCH3 is 1. The Morgan fingerprint density at radius 3 is 2.73 bits per heavy atom. The molecule has 1 N–H and O–H groups in total. The van der Waals surface area contributed by atoms with Crippen molar-refractivity contribution in [3.05, 3.63) is 41.9 Å². The summed E-state index contributed by atoms with van der Waals surface area (Å²) in [5.74, 6) is -1.75. The number of halogens is 1. The van der Waals surface area contributed by atoms with Gasteiger partial charge in [-0.3, -0.25) is 9.59 Å². The minimum Gasteiger partial charge on any atom is -0.469 e. The lowest BCUT2D eigenvalue weighted by Crippen LogP contribution is -2.41. The Morgan fingerprint density at radius 1 is 1.31 bits per heavy atom. The Hall–Kier alpha value is -2.38. The van der Waals surface area contributed by atoms with Crippen LogP contribution in [0.15, 0.2) is 36.9 Å². The van der Waals surface area contributed by atoms with E-state index in [1.807, 2.05) is 0 Å². The Labute approximate surface area is 155 Å². The maximum absolute atomic E-state index is 12.8. The van der Waals surface area contributed by atoms with E-state index in [1.54, 1.807) is 41.5 Å². The van der Waals surface area contributed by atoms with Gasteiger partial charge in [0.2, 0.25) is 5.91 Å². The number of amides is 1. The van der Waals surface area contributed by atoms with Gasteiger partial charge in [0.05, 0.1) is 48.2 Å². The molecule has 2 aliphatic rings. The van der Waals surface area contributed by atoms with Gasteiger partial charge in [0.25, 0.3) is 0 Å². The van der Waals surface area contributed by atoms with Crippen molar-refractivity contribution in [1.29, 1.82) is 0 Å². The molecule has 0 radical (unpaired) electrons. The highest BCUT2D eigenvalue weighted by Gasteiger charge is 2.55. The summed E-state index contributed by atoms with van der Waals surface area (Å²) in [5.41, 5.74) is 1.33. The van der Waals surface area contributed by atoms with Crippen molar-refractivity contribution in [2.75, 3.05) is 12.4 Å². The molecule has 4 rings (SSSR count). The van der Waals surface area contributed by atoms with E-state index in [1.165, 1.54) is 7.11 Å². The van der Waals surface area contributed by atoms with Crippen molar-refractivity contribution in [1.82, 2.24) is 9.55 Å². The van der Waals surface area contributed by atoms with Crippen LogP contribution in [-0.4, -0.2) is 40.7 Å². The topological polar surface area (TPSA) is 82.5 Å². The molecule has 2 bridgehead atoms. The Morgan fingerprint density at radius 2 is 2.08 bits per heavy atom. The average Bonchev–Trinajstić information content (AvgIpc) is 3.37. The molecule has 3 heterocycles. The zero-order valence-corrected chi connectivity index (χ0v) is 14.8. The summed E-state index contributed by atoms with van der Waals surface area (Å²) in [6.45, 7) is 0. The maximum atomic E-state index is 12.8. The Balaban J connectivity index is 1.53. The van der Waals surface area contributed by atoms with Crippen LogP contribution in [0.2, 0.25) is 5.02 Å². The van der Waals surface area contributed by atoms with E-state index in [4.69, 9.17) is 21.1 Å². The number of aromatic nitrogens is 2. The number of benzene rings is 1. The van der Waals surface area contributed by atoms with Crippen LogP contribution >= 0.6 is 11.6 Å². The van der Waals surface area contributed by atoms with Crippen molar-refractivity contribution in [3.63, 3.8) is 0 Å². The lowest BCUT2D eigenvalue weighted by molar-refractivity contribution is -0.150. The molecule has 1 aromatic heterocycles. The summed E-state index contributed by atoms with van der Waals surface area (Å²) >= 11 is 6.33. The second-order valence-electron chi connectivity index (χ2n) is 6.49. The lowest BCUT2D eigenvalue weighted by atomic mass is 9.78. The third-order valence-electron chi connectivity index (χ3n) is 5.05. The summed E-state index contributed by atoms with van der Waals surface area (Å²) < 4.78 is 12.4. The van der Waals surface area contributed by atoms with Gasteiger partial charge in [-0.2, -0.15) is 0 Å². The van der Waals surface area contributed by atoms with Crippen LogP contribution in [0.4, 0.5) is 5.69 Å². The van der Waals surface area contributed by atoms with Gasteiger partial charge in [-0.1, -0.05) is 11.6 Å². The number of carbonyl (C=O) groups excluding carboxylic acids is 2. The zero-order valence-electron chi connectivity index (χ0n) is 14.1. The highest BCUT2D eigenvalue weighted by Crippen LogP contribution is 2.44. The number of imidazole rings is 1. The zero-order chi connectivity index (χ0) is 18.3. The van der Waals surface area contributed by atoms with Crippen LogP contribution in [-0.2, 0) is 19.1 Å². The van der Waals surface area contributed by atoms with Gasteiger partial charge in [-0.25, -0.2) is 4.98 Å². The van der Waals surface area contributed by atoms with E-state index >= 15 is 0 Å². The normalized spacial score (nSPS) is 26.7. The van der Waals surface area contributed by atoms with Crippen LogP contribution in [0.1, 0.15) is 12.8 Å². The first-order chi connectivity index (χ1) is 12.6. The van der Waals surface area contributed by atoms with Gasteiger partial charge in [-0.15, -0.1) is 0 Å². The molecule has 136 valence electrons. The van der Waals surface area contributed by atoms with Gasteiger partial charge in [0.15, 0.2) is 0 Å². The molecule has 7 nitrogen and oxygen atoms in total. The number of carbonyl (C=O) groups is 2. The van der Waals surface area contributed by atoms with Gasteiger partial charge in [0.1, 0.15) is 0 Å². The molecule has 1 amide bonds. The number of fused-ring (bicyclic) bond motifs is 2. The van der Waals surface area contributed by atoms with Crippen molar-refractivity contribution < 1.29 is 19.1 Å². The molecule has 2 fully saturated rings. The summed E-state index contributed by atoms with van der Waals surface area (Å²) in [6.07, 6.45) is 6.16. The number of hydrogen-bond acceptors (Lipinski definition) is 5. The second-order valence-corrected chi connectivity index (χ2v) is 6.90. The molecule has 8 heteroatoms. The van der Waals surface area contributed by atoms with Gasteiger partial charge in [0, 0.05) is 18.1 Å². The molecule has 2 aromatic rings. The first kappa shape index (κ1) is 17.1. The Bertz CT molecular complexity index is 839. The fraction of sp³-hybridized carbons (Fsp3) is 0.389. The number of esters is 1. The van der Waals surface area contributed by atoms with Crippen molar-refractivity contribution in [2.45, 2.75) is 25.0 Å². The molecular weight excluding hydrogens is 358 g/mol. The molecular formula is C18H18ClN3O4. The van der Waals surface area contributed by atoms with Crippen molar-refractivity contribution >= 4 is 29.2 Å². The standard InChI is InChI=1S/C18H18ClN3O4/c1-25-18(24)16-14-5-4-13(26-14)15(16)17(23)21-10-2-3-12(11(19)8-10)22-7-6-20-9-22/h2-3,6-9,13-16H,4-5H2,1H3,(H,21,23)/t13-,14+,15-,16+/m1/s1.